The summed E-state index contributed by atoms with van der Waals surface area (Å²) < 4.78 is 0. The molecule has 0 spiro atoms. The van der Waals surface area contributed by atoms with E-state index in [4.69, 9.17) is 11.6 Å². The maximum Gasteiger partial charge on any atom is 0.0333 e. The van der Waals surface area contributed by atoms with Crippen LogP contribution in [0.5, 0.6) is 0 Å². The summed E-state index contributed by atoms with van der Waals surface area (Å²) in [6.07, 6.45) is 3.88. The second-order valence-electron chi connectivity index (χ2n) is 2.80. The predicted molar refractivity (Wildman–Crippen MR) is 44.0 cm³/mol. The van der Waals surface area contributed by atoms with Crippen LogP contribution in [0.4, 0.5) is 0 Å². The Bertz CT molecular complexity index is 59.6. The maximum absolute atomic E-state index is 5.86. The summed E-state index contributed by atoms with van der Waals surface area (Å²) in [5.41, 5.74) is 0. The van der Waals surface area contributed by atoms with E-state index in [2.05, 4.69) is 20.8 Å². The van der Waals surface area contributed by atoms with Crippen molar-refractivity contribution in [3.05, 3.63) is 0 Å². The highest BCUT2D eigenvalue weighted by molar-refractivity contribution is 6.20. The third-order valence-corrected chi connectivity index (χ3v) is 2.23. The van der Waals surface area contributed by atoms with Crippen LogP contribution in [0.1, 0.15) is 40.0 Å². The van der Waals surface area contributed by atoms with Gasteiger partial charge in [-0.2, -0.15) is 0 Å². The van der Waals surface area contributed by atoms with E-state index in [1.54, 1.807) is 0 Å². The first kappa shape index (κ1) is 9.29. The van der Waals surface area contributed by atoms with E-state index in [0.29, 0.717) is 11.3 Å². The number of alkyl halides is 1. The van der Waals surface area contributed by atoms with Crippen molar-refractivity contribution in [2.45, 2.75) is 45.4 Å². The molecule has 2 unspecified atom stereocenters. The second kappa shape index (κ2) is 5.10. The largest absolute Gasteiger partial charge is 0.123 e. The topological polar surface area (TPSA) is 0 Å². The van der Waals surface area contributed by atoms with Crippen LogP contribution in [-0.4, -0.2) is 5.38 Å². The van der Waals surface area contributed by atoms with Crippen LogP contribution >= 0.6 is 11.6 Å². The normalized spacial score (nSPS) is 17.3. The number of unbranched alkanes of at least 4 members (excludes halogenated alkanes) is 1. The van der Waals surface area contributed by atoms with E-state index in [0.717, 1.165) is 0 Å². The van der Waals surface area contributed by atoms with Gasteiger partial charge in [0.25, 0.3) is 0 Å². The highest BCUT2D eigenvalue weighted by atomic mass is 35.5. The summed E-state index contributed by atoms with van der Waals surface area (Å²) in [6.45, 7) is 6.50. The zero-order chi connectivity index (χ0) is 7.28. The molecule has 56 valence electrons. The molecule has 0 amide bonds. The highest BCUT2D eigenvalue weighted by Crippen LogP contribution is 2.15. The van der Waals surface area contributed by atoms with Gasteiger partial charge in [0.1, 0.15) is 0 Å². The standard InChI is InChI=1S/C8H17Cl/c1-4-5-6-7(2)8(3)9/h7-8H,4-6H2,1-3H3. The van der Waals surface area contributed by atoms with Gasteiger partial charge in [0.15, 0.2) is 0 Å². The molecule has 0 nitrogen and oxygen atoms in total. The molecule has 0 rings (SSSR count). The third kappa shape index (κ3) is 4.77. The zero-order valence-corrected chi connectivity index (χ0v) is 7.41. The van der Waals surface area contributed by atoms with Gasteiger partial charge >= 0.3 is 0 Å². The molecule has 0 aliphatic carbocycles. The van der Waals surface area contributed by atoms with Crippen molar-refractivity contribution >= 4 is 11.6 Å². The molecule has 0 aliphatic heterocycles. The van der Waals surface area contributed by atoms with Crippen molar-refractivity contribution in [2.75, 3.05) is 0 Å². The molecule has 0 heterocycles. The number of halogens is 1. The fourth-order valence-electron chi connectivity index (χ4n) is 0.756. The lowest BCUT2D eigenvalue weighted by Crippen LogP contribution is -2.05. The zero-order valence-electron chi connectivity index (χ0n) is 6.65. The van der Waals surface area contributed by atoms with Crippen LogP contribution < -0.4 is 0 Å². The summed E-state index contributed by atoms with van der Waals surface area (Å²) >= 11 is 5.86. The molecule has 0 aromatic carbocycles. The average Bonchev–Trinajstić information content (AvgIpc) is 1.82. The van der Waals surface area contributed by atoms with Crippen LogP contribution in [0.15, 0.2) is 0 Å². The fourth-order valence-corrected chi connectivity index (χ4v) is 0.882. The SMILES string of the molecule is CCCCC(C)C(C)Cl. The predicted octanol–water partition coefficient (Wildman–Crippen LogP) is 3.44. The van der Waals surface area contributed by atoms with Crippen molar-refractivity contribution < 1.29 is 0 Å². The van der Waals surface area contributed by atoms with Gasteiger partial charge in [-0.3, -0.25) is 0 Å². The minimum atomic E-state index is 0.344. The monoisotopic (exact) mass is 148 g/mol. The molecule has 2 atom stereocenters. The average molecular weight is 149 g/mol. The summed E-state index contributed by atoms with van der Waals surface area (Å²) in [4.78, 5) is 0. The second-order valence-corrected chi connectivity index (χ2v) is 3.49. The van der Waals surface area contributed by atoms with Crippen molar-refractivity contribution in [1.82, 2.24) is 0 Å². The summed E-state index contributed by atoms with van der Waals surface area (Å²) in [6, 6.07) is 0. The first-order valence-electron chi connectivity index (χ1n) is 3.82. The molecular weight excluding hydrogens is 132 g/mol. The lowest BCUT2D eigenvalue weighted by molar-refractivity contribution is 0.498. The van der Waals surface area contributed by atoms with E-state index in [1.807, 2.05) is 0 Å². The lowest BCUT2D eigenvalue weighted by atomic mass is 10.0. The van der Waals surface area contributed by atoms with Gasteiger partial charge in [-0.25, -0.2) is 0 Å². The fraction of sp³-hybridized carbons (Fsp3) is 1.00. The van der Waals surface area contributed by atoms with E-state index in [9.17, 15) is 0 Å². The van der Waals surface area contributed by atoms with Crippen LogP contribution in [0.3, 0.4) is 0 Å². The van der Waals surface area contributed by atoms with Gasteiger partial charge in [-0.1, -0.05) is 26.7 Å². The first-order valence-corrected chi connectivity index (χ1v) is 4.26. The Kier molecular flexibility index (Phi) is 5.27. The third-order valence-electron chi connectivity index (χ3n) is 1.80. The summed E-state index contributed by atoms with van der Waals surface area (Å²) in [5, 5.41) is 0.344. The first-order chi connectivity index (χ1) is 4.18. The van der Waals surface area contributed by atoms with Crippen molar-refractivity contribution in [3.63, 3.8) is 0 Å². The molecule has 0 aromatic rings. The van der Waals surface area contributed by atoms with Crippen LogP contribution in [0.2, 0.25) is 0 Å². The smallest absolute Gasteiger partial charge is 0.0333 e. The molecule has 1 heteroatoms. The lowest BCUT2D eigenvalue weighted by Gasteiger charge is -2.11. The molecule has 0 saturated heterocycles. The van der Waals surface area contributed by atoms with E-state index < -0.39 is 0 Å². The van der Waals surface area contributed by atoms with Crippen molar-refractivity contribution in [1.29, 1.82) is 0 Å². The number of hydrogen-bond acceptors (Lipinski definition) is 0. The molecule has 0 N–H and O–H groups in total. The van der Waals surface area contributed by atoms with Gasteiger partial charge in [0.2, 0.25) is 0 Å². The molecule has 0 radical (unpaired) electrons. The Morgan fingerprint density at radius 2 is 1.89 bits per heavy atom. The Balaban J connectivity index is 3.16. The van der Waals surface area contributed by atoms with Gasteiger partial charge in [-0.05, 0) is 19.3 Å². The van der Waals surface area contributed by atoms with E-state index >= 15 is 0 Å². The van der Waals surface area contributed by atoms with Crippen LogP contribution in [0, 0.1) is 5.92 Å². The molecule has 9 heavy (non-hydrogen) atoms. The van der Waals surface area contributed by atoms with Gasteiger partial charge < -0.3 is 0 Å². The Hall–Kier alpha value is 0.290. The maximum atomic E-state index is 5.86. The molecular formula is C8H17Cl. The molecule has 0 aromatic heterocycles. The number of rotatable bonds is 4. The van der Waals surface area contributed by atoms with Crippen LogP contribution in [0.25, 0.3) is 0 Å². The molecule has 0 saturated carbocycles. The Labute approximate surface area is 63.6 Å². The van der Waals surface area contributed by atoms with Crippen molar-refractivity contribution in [2.24, 2.45) is 5.92 Å². The number of hydrogen-bond donors (Lipinski definition) is 0. The van der Waals surface area contributed by atoms with Gasteiger partial charge in [0.05, 0.1) is 0 Å². The van der Waals surface area contributed by atoms with Crippen molar-refractivity contribution in [3.8, 4) is 0 Å². The quantitative estimate of drug-likeness (QED) is 0.536. The minimum absolute atomic E-state index is 0.344. The highest BCUT2D eigenvalue weighted by Gasteiger charge is 2.06. The Morgan fingerprint density at radius 1 is 1.33 bits per heavy atom. The summed E-state index contributed by atoms with van der Waals surface area (Å²) in [7, 11) is 0. The van der Waals surface area contributed by atoms with Crippen LogP contribution in [-0.2, 0) is 0 Å². The Morgan fingerprint density at radius 3 is 2.22 bits per heavy atom. The van der Waals surface area contributed by atoms with Gasteiger partial charge in [0, 0.05) is 5.38 Å². The minimum Gasteiger partial charge on any atom is -0.123 e. The van der Waals surface area contributed by atoms with E-state index in [-0.39, 0.29) is 0 Å². The van der Waals surface area contributed by atoms with Gasteiger partial charge in [-0.15, -0.1) is 11.6 Å². The van der Waals surface area contributed by atoms with E-state index in [1.165, 1.54) is 19.3 Å². The molecule has 0 aliphatic rings. The molecule has 0 fully saturated rings. The molecule has 0 bridgehead atoms. The summed E-state index contributed by atoms with van der Waals surface area (Å²) in [5.74, 6) is 0.687.